The molecule has 6 heteroatoms. The van der Waals surface area contributed by atoms with Crippen LogP contribution in [-0.4, -0.2) is 30.4 Å². The number of hydrogen-bond donors (Lipinski definition) is 0. The van der Waals surface area contributed by atoms with Gasteiger partial charge in [0.05, 0.1) is 6.42 Å². The minimum Gasteiger partial charge on any atom is -0.455 e. The second kappa shape index (κ2) is 8.45. The van der Waals surface area contributed by atoms with E-state index in [1.54, 1.807) is 42.5 Å². The number of esters is 1. The van der Waals surface area contributed by atoms with Crippen molar-refractivity contribution in [1.29, 1.82) is 0 Å². The van der Waals surface area contributed by atoms with Crippen molar-refractivity contribution in [2.24, 2.45) is 0 Å². The number of nitrogens with zero attached hydrogens (tertiary/aromatic N) is 1. The molecule has 2 aromatic rings. The molecule has 0 spiro atoms. The Balaban J connectivity index is 1.80. The van der Waals surface area contributed by atoms with E-state index >= 15 is 0 Å². The quantitative estimate of drug-likeness (QED) is 0.752. The lowest BCUT2D eigenvalue weighted by atomic mass is 10.1. The molecule has 0 aliphatic carbocycles. The van der Waals surface area contributed by atoms with Crippen LogP contribution < -0.4 is 0 Å². The van der Waals surface area contributed by atoms with Crippen LogP contribution in [0.4, 0.5) is 4.39 Å². The number of ether oxygens (including phenoxy) is 1. The molecule has 0 unspecified atom stereocenters. The summed E-state index contributed by atoms with van der Waals surface area (Å²) in [4.78, 5) is 25.0. The van der Waals surface area contributed by atoms with Crippen LogP contribution >= 0.6 is 11.6 Å². The van der Waals surface area contributed by atoms with Gasteiger partial charge in [0.1, 0.15) is 5.82 Å². The zero-order chi connectivity index (χ0) is 17.5. The predicted octanol–water partition coefficient (Wildman–Crippen LogP) is 3.22. The number of hydrogen-bond acceptors (Lipinski definition) is 3. The lowest BCUT2D eigenvalue weighted by Gasteiger charge is -2.17. The molecule has 0 heterocycles. The summed E-state index contributed by atoms with van der Waals surface area (Å²) in [6.45, 7) is -0.266. The van der Waals surface area contributed by atoms with E-state index < -0.39 is 11.9 Å². The fourth-order valence-electron chi connectivity index (χ4n) is 2.04. The Morgan fingerprint density at radius 3 is 2.46 bits per heavy atom. The maximum Gasteiger partial charge on any atom is 0.310 e. The summed E-state index contributed by atoms with van der Waals surface area (Å²) in [5.74, 6) is -1.29. The molecule has 0 saturated carbocycles. The van der Waals surface area contributed by atoms with Crippen LogP contribution in [0.25, 0.3) is 0 Å². The van der Waals surface area contributed by atoms with Crippen molar-refractivity contribution in [2.45, 2.75) is 13.0 Å². The number of halogens is 2. The summed E-state index contributed by atoms with van der Waals surface area (Å²) in [5, 5.41) is 0.581. The third kappa shape index (κ3) is 5.35. The minimum absolute atomic E-state index is 0.0570. The first-order chi connectivity index (χ1) is 11.5. The van der Waals surface area contributed by atoms with Crippen molar-refractivity contribution in [2.75, 3.05) is 13.7 Å². The highest BCUT2D eigenvalue weighted by molar-refractivity contribution is 6.30. The van der Waals surface area contributed by atoms with E-state index in [1.165, 1.54) is 18.0 Å². The smallest absolute Gasteiger partial charge is 0.310 e. The third-order valence-corrected chi connectivity index (χ3v) is 3.66. The molecular weight excluding hydrogens is 333 g/mol. The average Bonchev–Trinajstić information content (AvgIpc) is 2.56. The van der Waals surface area contributed by atoms with Crippen LogP contribution in [0.2, 0.25) is 5.02 Å². The van der Waals surface area contributed by atoms with E-state index in [1.807, 2.05) is 0 Å². The van der Waals surface area contributed by atoms with E-state index in [0.29, 0.717) is 10.6 Å². The number of rotatable bonds is 6. The Kier molecular flexibility index (Phi) is 6.32. The highest BCUT2D eigenvalue weighted by Gasteiger charge is 2.14. The fourth-order valence-corrected chi connectivity index (χ4v) is 2.17. The van der Waals surface area contributed by atoms with Crippen LogP contribution in [0.15, 0.2) is 48.5 Å². The number of carbonyl (C=O) groups excluding carboxylic acids is 2. The summed E-state index contributed by atoms with van der Waals surface area (Å²) >= 11 is 5.77. The third-order valence-electron chi connectivity index (χ3n) is 3.41. The molecule has 0 fully saturated rings. The van der Waals surface area contributed by atoms with Gasteiger partial charge in [0.25, 0.3) is 5.91 Å². The molecule has 0 saturated heterocycles. The maximum absolute atomic E-state index is 13.6. The molecule has 0 aliphatic rings. The molecule has 0 radical (unpaired) electrons. The van der Waals surface area contributed by atoms with Gasteiger partial charge in [-0.2, -0.15) is 0 Å². The summed E-state index contributed by atoms with van der Waals surface area (Å²) in [6, 6.07) is 13.0. The van der Waals surface area contributed by atoms with E-state index in [4.69, 9.17) is 16.3 Å². The lowest BCUT2D eigenvalue weighted by Crippen LogP contribution is -2.31. The predicted molar refractivity (Wildman–Crippen MR) is 89.0 cm³/mol. The van der Waals surface area contributed by atoms with Crippen molar-refractivity contribution >= 4 is 23.5 Å². The standard InChI is InChI=1S/C18H17ClFNO3/c1-21(11-14-4-2-3-5-16(14)20)17(22)12-24-18(23)10-13-6-8-15(19)9-7-13/h2-9H,10-12H2,1H3. The van der Waals surface area contributed by atoms with Crippen LogP contribution in [0.1, 0.15) is 11.1 Å². The summed E-state index contributed by atoms with van der Waals surface area (Å²) in [7, 11) is 1.53. The van der Waals surface area contributed by atoms with Gasteiger partial charge in [-0.3, -0.25) is 9.59 Å². The van der Waals surface area contributed by atoms with Gasteiger partial charge in [0, 0.05) is 24.2 Å². The first-order valence-electron chi connectivity index (χ1n) is 7.33. The van der Waals surface area contributed by atoms with Gasteiger partial charge in [-0.1, -0.05) is 41.9 Å². The number of benzene rings is 2. The van der Waals surface area contributed by atoms with Crippen molar-refractivity contribution in [1.82, 2.24) is 4.90 Å². The Morgan fingerprint density at radius 1 is 1.12 bits per heavy atom. The zero-order valence-corrected chi connectivity index (χ0v) is 13.9. The summed E-state index contributed by atoms with van der Waals surface area (Å²) in [6.07, 6.45) is 0.0570. The van der Waals surface area contributed by atoms with E-state index in [0.717, 1.165) is 5.56 Å². The van der Waals surface area contributed by atoms with Gasteiger partial charge in [0.15, 0.2) is 6.61 Å². The zero-order valence-electron chi connectivity index (χ0n) is 13.2. The van der Waals surface area contributed by atoms with E-state index in [2.05, 4.69) is 0 Å². The molecule has 2 rings (SSSR count). The molecule has 0 aromatic heterocycles. The van der Waals surface area contributed by atoms with Gasteiger partial charge in [-0.25, -0.2) is 4.39 Å². The topological polar surface area (TPSA) is 46.6 Å². The van der Waals surface area contributed by atoms with Gasteiger partial charge < -0.3 is 9.64 Å². The first-order valence-corrected chi connectivity index (χ1v) is 7.71. The monoisotopic (exact) mass is 349 g/mol. The van der Waals surface area contributed by atoms with Gasteiger partial charge in [-0.05, 0) is 23.8 Å². The molecular formula is C18H17ClFNO3. The fraction of sp³-hybridized carbons (Fsp3) is 0.222. The molecule has 0 atom stereocenters. The summed E-state index contributed by atoms with van der Waals surface area (Å²) in [5.41, 5.74) is 1.15. The molecule has 126 valence electrons. The SMILES string of the molecule is CN(Cc1ccccc1F)C(=O)COC(=O)Cc1ccc(Cl)cc1. The van der Waals surface area contributed by atoms with Crippen LogP contribution in [-0.2, 0) is 27.3 Å². The molecule has 2 aromatic carbocycles. The maximum atomic E-state index is 13.6. The van der Waals surface area contributed by atoms with Gasteiger partial charge in [0.2, 0.25) is 0 Å². The molecule has 1 amide bonds. The number of carbonyl (C=O) groups is 2. The van der Waals surface area contributed by atoms with Gasteiger partial charge >= 0.3 is 5.97 Å². The van der Waals surface area contributed by atoms with Crippen molar-refractivity contribution in [3.63, 3.8) is 0 Å². The largest absolute Gasteiger partial charge is 0.455 e. The van der Waals surface area contributed by atoms with Crippen LogP contribution in [0.5, 0.6) is 0 Å². The van der Waals surface area contributed by atoms with Gasteiger partial charge in [-0.15, -0.1) is 0 Å². The van der Waals surface area contributed by atoms with Crippen molar-refractivity contribution < 1.29 is 18.7 Å². The van der Waals surface area contributed by atoms with E-state index in [-0.39, 0.29) is 25.4 Å². The second-order valence-corrected chi connectivity index (χ2v) is 5.74. The van der Waals surface area contributed by atoms with Crippen LogP contribution in [0, 0.1) is 5.82 Å². The summed E-state index contributed by atoms with van der Waals surface area (Å²) < 4.78 is 18.5. The van der Waals surface area contributed by atoms with E-state index in [9.17, 15) is 14.0 Å². The lowest BCUT2D eigenvalue weighted by molar-refractivity contribution is -0.151. The van der Waals surface area contributed by atoms with Crippen molar-refractivity contribution in [3.8, 4) is 0 Å². The molecule has 24 heavy (non-hydrogen) atoms. The molecule has 0 bridgehead atoms. The Hall–Kier alpha value is -2.40. The molecule has 0 N–H and O–H groups in total. The van der Waals surface area contributed by atoms with Crippen LogP contribution in [0.3, 0.4) is 0 Å². The molecule has 0 aliphatic heterocycles. The Labute approximate surface area is 144 Å². The van der Waals surface area contributed by atoms with Crippen molar-refractivity contribution in [3.05, 3.63) is 70.5 Å². The second-order valence-electron chi connectivity index (χ2n) is 5.31. The average molecular weight is 350 g/mol. The number of amides is 1. The Morgan fingerprint density at radius 2 is 1.79 bits per heavy atom. The normalized spacial score (nSPS) is 10.3. The molecule has 4 nitrogen and oxygen atoms in total. The Bertz CT molecular complexity index is 718. The highest BCUT2D eigenvalue weighted by atomic mass is 35.5. The highest BCUT2D eigenvalue weighted by Crippen LogP contribution is 2.11. The first kappa shape index (κ1) is 17.9. The minimum atomic E-state index is -0.509. The number of likely N-dealkylation sites (N-methyl/N-ethyl adjacent to an activating group) is 1.